The molecule has 1 N–H and O–H groups in total. The summed E-state index contributed by atoms with van der Waals surface area (Å²) in [4.78, 5) is 7.36. The van der Waals surface area contributed by atoms with Crippen molar-refractivity contribution in [2.75, 3.05) is 0 Å². The van der Waals surface area contributed by atoms with Crippen molar-refractivity contribution < 1.29 is 8.81 Å². The van der Waals surface area contributed by atoms with Gasteiger partial charge in [-0.3, -0.25) is 0 Å². The van der Waals surface area contributed by atoms with Gasteiger partial charge >= 0.3 is 0 Å². The number of aromatic amines is 1. The van der Waals surface area contributed by atoms with Gasteiger partial charge in [-0.2, -0.15) is 0 Å². The number of hydrogen-bond donors (Lipinski definition) is 1. The summed E-state index contributed by atoms with van der Waals surface area (Å²) in [5.74, 6) is 1.92. The maximum atomic E-state index is 13.5. The van der Waals surface area contributed by atoms with Gasteiger partial charge in [0.2, 0.25) is 0 Å². The van der Waals surface area contributed by atoms with Crippen molar-refractivity contribution in [1.82, 2.24) is 9.97 Å². The molecule has 0 saturated carbocycles. The Morgan fingerprint density at radius 1 is 1.29 bits per heavy atom. The van der Waals surface area contributed by atoms with Crippen molar-refractivity contribution in [3.8, 4) is 11.4 Å². The highest BCUT2D eigenvalue weighted by atomic mass is 19.1. The van der Waals surface area contributed by atoms with E-state index in [1.54, 1.807) is 12.1 Å². The monoisotopic (exact) mass is 230 g/mol. The van der Waals surface area contributed by atoms with Gasteiger partial charge in [-0.25, -0.2) is 9.37 Å². The number of imidazole rings is 1. The zero-order chi connectivity index (χ0) is 12.0. The number of furan rings is 1. The van der Waals surface area contributed by atoms with E-state index in [2.05, 4.69) is 9.97 Å². The highest BCUT2D eigenvalue weighted by Crippen LogP contribution is 2.26. The van der Waals surface area contributed by atoms with E-state index in [9.17, 15) is 4.39 Å². The second-order valence-electron chi connectivity index (χ2n) is 4.05. The maximum absolute atomic E-state index is 13.5. The fourth-order valence-corrected chi connectivity index (χ4v) is 1.99. The molecule has 0 unspecified atom stereocenters. The fraction of sp³-hybridized carbons (Fsp3) is 0.154. The molecule has 0 bridgehead atoms. The first-order chi connectivity index (χ1) is 8.15. The number of aryl methyl sites for hydroxylation is 2. The Balaban J connectivity index is 2.25. The molecule has 2 heterocycles. The molecule has 0 atom stereocenters. The minimum Gasteiger partial charge on any atom is -0.466 e. The van der Waals surface area contributed by atoms with Gasteiger partial charge in [-0.15, -0.1) is 0 Å². The summed E-state index contributed by atoms with van der Waals surface area (Å²) in [5, 5.41) is 0. The molecule has 0 fully saturated rings. The van der Waals surface area contributed by atoms with Crippen LogP contribution in [0.25, 0.3) is 22.4 Å². The molecule has 0 amide bonds. The molecule has 0 spiro atoms. The summed E-state index contributed by atoms with van der Waals surface area (Å²) >= 11 is 0. The summed E-state index contributed by atoms with van der Waals surface area (Å²) < 4.78 is 19.0. The molecule has 0 aliphatic heterocycles. The van der Waals surface area contributed by atoms with E-state index in [1.165, 1.54) is 6.07 Å². The number of fused-ring (bicyclic) bond motifs is 1. The van der Waals surface area contributed by atoms with Crippen LogP contribution in [0.1, 0.15) is 11.5 Å². The maximum Gasteiger partial charge on any atom is 0.151 e. The van der Waals surface area contributed by atoms with Crippen LogP contribution in [0.4, 0.5) is 4.39 Å². The lowest BCUT2D eigenvalue weighted by molar-refractivity contribution is 0.505. The largest absolute Gasteiger partial charge is 0.466 e. The molecule has 3 nitrogen and oxygen atoms in total. The van der Waals surface area contributed by atoms with Gasteiger partial charge < -0.3 is 9.40 Å². The van der Waals surface area contributed by atoms with E-state index in [0.29, 0.717) is 16.9 Å². The van der Waals surface area contributed by atoms with Crippen LogP contribution in [-0.2, 0) is 0 Å². The number of aromatic nitrogens is 2. The molecular weight excluding hydrogens is 219 g/mol. The molecule has 1 aromatic carbocycles. The standard InChI is InChI=1S/C13H11FN2O/c1-7-6-9(8(2)17-7)13-15-11-5-3-4-10(14)12(11)16-13/h3-6H,1-2H3,(H,15,16). The Bertz CT molecular complexity index is 697. The molecule has 4 heteroatoms. The molecule has 0 aliphatic carbocycles. The normalized spacial score (nSPS) is 11.2. The highest BCUT2D eigenvalue weighted by Gasteiger charge is 2.13. The van der Waals surface area contributed by atoms with Gasteiger partial charge in [0, 0.05) is 0 Å². The Hall–Kier alpha value is -2.10. The average molecular weight is 230 g/mol. The third-order valence-electron chi connectivity index (χ3n) is 2.76. The first-order valence-corrected chi connectivity index (χ1v) is 5.37. The molecule has 17 heavy (non-hydrogen) atoms. The van der Waals surface area contributed by atoms with Crippen LogP contribution in [0.3, 0.4) is 0 Å². The number of para-hydroxylation sites is 1. The molecule has 0 saturated heterocycles. The number of H-pyrrole nitrogens is 1. The van der Waals surface area contributed by atoms with Crippen molar-refractivity contribution in [3.05, 3.63) is 41.6 Å². The Morgan fingerprint density at radius 2 is 2.12 bits per heavy atom. The first-order valence-electron chi connectivity index (χ1n) is 5.37. The number of benzene rings is 1. The average Bonchev–Trinajstić information content (AvgIpc) is 2.82. The van der Waals surface area contributed by atoms with Crippen LogP contribution in [0.2, 0.25) is 0 Å². The van der Waals surface area contributed by atoms with Crippen molar-refractivity contribution in [3.63, 3.8) is 0 Å². The number of halogens is 1. The zero-order valence-corrected chi connectivity index (χ0v) is 9.54. The smallest absolute Gasteiger partial charge is 0.151 e. The lowest BCUT2D eigenvalue weighted by atomic mass is 10.2. The van der Waals surface area contributed by atoms with Crippen LogP contribution in [-0.4, -0.2) is 9.97 Å². The molecule has 0 radical (unpaired) electrons. The summed E-state index contributed by atoms with van der Waals surface area (Å²) in [6, 6.07) is 6.76. The first kappa shape index (κ1) is 10.1. The molecule has 3 aromatic rings. The lowest BCUT2D eigenvalue weighted by Gasteiger charge is -1.90. The molecule has 3 rings (SSSR count). The number of hydrogen-bond acceptors (Lipinski definition) is 2. The second kappa shape index (κ2) is 3.45. The lowest BCUT2D eigenvalue weighted by Crippen LogP contribution is -1.79. The third-order valence-corrected chi connectivity index (χ3v) is 2.76. The summed E-state index contributed by atoms with van der Waals surface area (Å²) in [7, 11) is 0. The van der Waals surface area contributed by atoms with E-state index in [0.717, 1.165) is 17.1 Å². The highest BCUT2D eigenvalue weighted by molar-refractivity contribution is 5.80. The van der Waals surface area contributed by atoms with Crippen molar-refractivity contribution in [2.45, 2.75) is 13.8 Å². The number of nitrogens with zero attached hydrogens (tertiary/aromatic N) is 1. The fourth-order valence-electron chi connectivity index (χ4n) is 1.99. The van der Waals surface area contributed by atoms with Gasteiger partial charge in [0.05, 0.1) is 11.1 Å². The molecule has 86 valence electrons. The van der Waals surface area contributed by atoms with E-state index >= 15 is 0 Å². The quantitative estimate of drug-likeness (QED) is 0.694. The second-order valence-corrected chi connectivity index (χ2v) is 4.05. The number of nitrogens with one attached hydrogen (secondary N) is 1. The summed E-state index contributed by atoms with van der Waals surface area (Å²) in [6.45, 7) is 3.74. The molecular formula is C13H11FN2O. The van der Waals surface area contributed by atoms with E-state index in [4.69, 9.17) is 4.42 Å². The van der Waals surface area contributed by atoms with E-state index in [-0.39, 0.29) is 5.82 Å². The van der Waals surface area contributed by atoms with Crippen molar-refractivity contribution in [2.24, 2.45) is 0 Å². The number of rotatable bonds is 1. The molecule has 0 aliphatic rings. The van der Waals surface area contributed by atoms with Gasteiger partial charge in [-0.1, -0.05) is 6.07 Å². The van der Waals surface area contributed by atoms with Gasteiger partial charge in [0.25, 0.3) is 0 Å². The van der Waals surface area contributed by atoms with Crippen LogP contribution in [0.5, 0.6) is 0 Å². The van der Waals surface area contributed by atoms with Gasteiger partial charge in [0.1, 0.15) is 22.9 Å². The van der Waals surface area contributed by atoms with Crippen LogP contribution >= 0.6 is 0 Å². The van der Waals surface area contributed by atoms with Crippen molar-refractivity contribution in [1.29, 1.82) is 0 Å². The van der Waals surface area contributed by atoms with E-state index in [1.807, 2.05) is 19.9 Å². The van der Waals surface area contributed by atoms with Crippen LogP contribution in [0, 0.1) is 19.7 Å². The zero-order valence-electron chi connectivity index (χ0n) is 9.54. The minimum atomic E-state index is -0.317. The Kier molecular flexibility index (Phi) is 2.04. The van der Waals surface area contributed by atoms with Crippen LogP contribution < -0.4 is 0 Å². The Morgan fingerprint density at radius 3 is 2.76 bits per heavy atom. The SMILES string of the molecule is Cc1cc(-c2nc3c(F)cccc3[nH]2)c(C)o1. The van der Waals surface area contributed by atoms with Gasteiger partial charge in [-0.05, 0) is 32.0 Å². The van der Waals surface area contributed by atoms with Crippen LogP contribution in [0.15, 0.2) is 28.7 Å². The van der Waals surface area contributed by atoms with E-state index < -0.39 is 0 Å². The molecule has 2 aromatic heterocycles. The predicted molar refractivity (Wildman–Crippen MR) is 63.2 cm³/mol. The minimum absolute atomic E-state index is 0.317. The Labute approximate surface area is 97.3 Å². The predicted octanol–water partition coefficient (Wildman–Crippen LogP) is 3.58. The summed E-state index contributed by atoms with van der Waals surface area (Å²) in [6.07, 6.45) is 0. The van der Waals surface area contributed by atoms with Crippen molar-refractivity contribution >= 4 is 11.0 Å². The van der Waals surface area contributed by atoms with Gasteiger partial charge in [0.15, 0.2) is 5.82 Å². The third kappa shape index (κ3) is 1.53. The summed E-state index contributed by atoms with van der Waals surface area (Å²) in [5.41, 5.74) is 1.93. The topological polar surface area (TPSA) is 41.8 Å².